The number of para-hydroxylation sites is 1. The minimum Gasteiger partial charge on any atom is -0.493 e. The highest BCUT2D eigenvalue weighted by atomic mass is 35.5. The van der Waals surface area contributed by atoms with Crippen molar-refractivity contribution in [1.29, 1.82) is 0 Å². The van der Waals surface area contributed by atoms with Gasteiger partial charge in [0.2, 0.25) is 0 Å². The molecular formula is C22H22ClNO4S2. The number of hydrogen-bond acceptors (Lipinski definition) is 6. The van der Waals surface area contributed by atoms with Crippen LogP contribution >= 0.6 is 35.6 Å². The van der Waals surface area contributed by atoms with E-state index in [1.165, 1.54) is 11.8 Å². The van der Waals surface area contributed by atoms with Gasteiger partial charge in [0.1, 0.15) is 10.1 Å². The van der Waals surface area contributed by atoms with E-state index < -0.39 is 0 Å². The third-order valence-corrected chi connectivity index (χ3v) is 5.83. The van der Waals surface area contributed by atoms with E-state index in [4.69, 9.17) is 38.0 Å². The summed E-state index contributed by atoms with van der Waals surface area (Å²) in [5.41, 5.74) is 2.95. The minimum atomic E-state index is -0.218. The van der Waals surface area contributed by atoms with E-state index in [0.717, 1.165) is 22.4 Å². The van der Waals surface area contributed by atoms with Crippen molar-refractivity contribution in [2.75, 3.05) is 20.3 Å². The number of thiocarbonyl (C=S) groups is 1. The lowest BCUT2D eigenvalue weighted by Gasteiger charge is -2.15. The van der Waals surface area contributed by atoms with Crippen LogP contribution in [0.5, 0.6) is 17.2 Å². The number of nitrogens with one attached hydrogen (secondary N) is 1. The first-order valence-corrected chi connectivity index (χ1v) is 10.9. The van der Waals surface area contributed by atoms with E-state index >= 15 is 0 Å². The Morgan fingerprint density at radius 2 is 1.80 bits per heavy atom. The van der Waals surface area contributed by atoms with Gasteiger partial charge in [0, 0.05) is 6.42 Å². The molecule has 1 fully saturated rings. The van der Waals surface area contributed by atoms with Crippen LogP contribution in [-0.2, 0) is 4.79 Å². The Hall–Kier alpha value is -2.22. The Morgan fingerprint density at radius 3 is 2.40 bits per heavy atom. The lowest BCUT2D eigenvalue weighted by molar-refractivity contribution is -0.115. The smallest absolute Gasteiger partial charge is 0.263 e. The van der Waals surface area contributed by atoms with Crippen molar-refractivity contribution in [1.82, 2.24) is 5.32 Å². The van der Waals surface area contributed by atoms with Gasteiger partial charge in [-0.1, -0.05) is 53.8 Å². The van der Waals surface area contributed by atoms with Crippen molar-refractivity contribution in [3.63, 3.8) is 0 Å². The highest BCUT2D eigenvalue weighted by molar-refractivity contribution is 8.26. The Labute approximate surface area is 190 Å². The van der Waals surface area contributed by atoms with Crippen molar-refractivity contribution in [2.45, 2.75) is 20.3 Å². The number of carbonyl (C=O) groups excluding carboxylic acids is 1. The Balaban J connectivity index is 1.61. The second kappa shape index (κ2) is 10.2. The first-order valence-electron chi connectivity index (χ1n) is 9.33. The van der Waals surface area contributed by atoms with E-state index in [1.54, 1.807) is 25.3 Å². The largest absolute Gasteiger partial charge is 0.493 e. The zero-order chi connectivity index (χ0) is 21.7. The molecular weight excluding hydrogens is 442 g/mol. The quantitative estimate of drug-likeness (QED) is 0.325. The topological polar surface area (TPSA) is 56.8 Å². The molecule has 158 valence electrons. The maximum absolute atomic E-state index is 11.9. The van der Waals surface area contributed by atoms with Gasteiger partial charge in [-0.25, -0.2) is 0 Å². The van der Waals surface area contributed by atoms with Crippen LogP contribution < -0.4 is 19.5 Å². The number of thioether (sulfide) groups is 1. The number of amides is 1. The Morgan fingerprint density at radius 1 is 1.13 bits per heavy atom. The van der Waals surface area contributed by atoms with Gasteiger partial charge < -0.3 is 19.5 Å². The molecule has 1 N–H and O–H groups in total. The third kappa shape index (κ3) is 5.47. The van der Waals surface area contributed by atoms with Crippen LogP contribution in [0.2, 0.25) is 5.02 Å². The van der Waals surface area contributed by atoms with E-state index in [-0.39, 0.29) is 5.91 Å². The second-order valence-electron chi connectivity index (χ2n) is 6.66. The molecule has 0 radical (unpaired) electrons. The predicted octanol–water partition coefficient (Wildman–Crippen LogP) is 5.30. The Bertz CT molecular complexity index is 987. The van der Waals surface area contributed by atoms with E-state index in [0.29, 0.717) is 45.4 Å². The zero-order valence-corrected chi connectivity index (χ0v) is 19.3. The van der Waals surface area contributed by atoms with Crippen LogP contribution in [0, 0.1) is 13.8 Å². The average Bonchev–Trinajstić information content (AvgIpc) is 3.01. The lowest BCUT2D eigenvalue weighted by Crippen LogP contribution is -2.17. The summed E-state index contributed by atoms with van der Waals surface area (Å²) in [5, 5.41) is 2.99. The number of rotatable bonds is 8. The van der Waals surface area contributed by atoms with Gasteiger partial charge in [-0.3, -0.25) is 4.79 Å². The molecule has 0 bridgehead atoms. The normalized spacial score (nSPS) is 14.7. The molecule has 1 heterocycles. The lowest BCUT2D eigenvalue weighted by atomic mass is 10.1. The predicted molar refractivity (Wildman–Crippen MR) is 126 cm³/mol. The van der Waals surface area contributed by atoms with Crippen molar-refractivity contribution < 1.29 is 19.0 Å². The first-order chi connectivity index (χ1) is 14.4. The number of methoxy groups -OCH3 is 1. The first kappa shape index (κ1) is 22.5. The summed E-state index contributed by atoms with van der Waals surface area (Å²) < 4.78 is 17.6. The van der Waals surface area contributed by atoms with Crippen molar-refractivity contribution in [3.05, 3.63) is 56.9 Å². The van der Waals surface area contributed by atoms with Gasteiger partial charge >= 0.3 is 0 Å². The number of hydrogen-bond donors (Lipinski definition) is 1. The summed E-state index contributed by atoms with van der Waals surface area (Å²) in [6, 6.07) is 9.58. The summed E-state index contributed by atoms with van der Waals surface area (Å²) in [6.07, 6.45) is 2.41. The van der Waals surface area contributed by atoms with Crippen LogP contribution in [0.3, 0.4) is 0 Å². The summed E-state index contributed by atoms with van der Waals surface area (Å²) in [4.78, 5) is 12.4. The van der Waals surface area contributed by atoms with Crippen molar-refractivity contribution in [2.24, 2.45) is 0 Å². The minimum absolute atomic E-state index is 0.218. The van der Waals surface area contributed by atoms with E-state index in [1.807, 2.05) is 32.0 Å². The van der Waals surface area contributed by atoms with Gasteiger partial charge in [-0.05, 0) is 48.7 Å². The molecule has 2 aromatic rings. The molecule has 2 aromatic carbocycles. The molecule has 0 spiro atoms. The number of ether oxygens (including phenoxy) is 3. The summed E-state index contributed by atoms with van der Waals surface area (Å²) in [6.45, 7) is 5.01. The van der Waals surface area contributed by atoms with Crippen LogP contribution in [0.1, 0.15) is 23.1 Å². The maximum Gasteiger partial charge on any atom is 0.263 e. The van der Waals surface area contributed by atoms with Crippen LogP contribution in [-0.4, -0.2) is 30.6 Å². The fourth-order valence-electron chi connectivity index (χ4n) is 2.97. The molecule has 1 amide bonds. The molecule has 1 aliphatic rings. The molecule has 0 aromatic heterocycles. The van der Waals surface area contributed by atoms with E-state index in [2.05, 4.69) is 5.32 Å². The highest BCUT2D eigenvalue weighted by Crippen LogP contribution is 2.38. The highest BCUT2D eigenvalue weighted by Gasteiger charge is 2.22. The van der Waals surface area contributed by atoms with Gasteiger partial charge in [0.05, 0.1) is 30.3 Å². The van der Waals surface area contributed by atoms with Gasteiger partial charge in [-0.15, -0.1) is 0 Å². The summed E-state index contributed by atoms with van der Waals surface area (Å²) >= 11 is 12.6. The molecule has 5 nitrogen and oxygen atoms in total. The van der Waals surface area contributed by atoms with Crippen LogP contribution in [0.15, 0.2) is 35.2 Å². The fraction of sp³-hybridized carbons (Fsp3) is 0.273. The zero-order valence-electron chi connectivity index (χ0n) is 16.9. The monoisotopic (exact) mass is 463 g/mol. The third-order valence-electron chi connectivity index (χ3n) is 4.38. The molecule has 0 atom stereocenters. The van der Waals surface area contributed by atoms with Gasteiger partial charge in [0.15, 0.2) is 11.5 Å². The molecule has 1 aliphatic heterocycles. The standard InChI is InChI=1S/C22H22ClNO4S2/c1-13-6-4-7-14(2)19(13)27-8-5-9-28-20-16(23)10-15(11-17(20)26-3)12-18-21(25)24-22(29)30-18/h4,6-7,10-12H,5,8-9H2,1-3H3,(H,24,25,29). The van der Waals surface area contributed by atoms with Crippen LogP contribution in [0.25, 0.3) is 6.08 Å². The second-order valence-corrected chi connectivity index (χ2v) is 8.78. The van der Waals surface area contributed by atoms with E-state index in [9.17, 15) is 4.79 Å². The number of aryl methyl sites for hydroxylation is 2. The molecule has 30 heavy (non-hydrogen) atoms. The molecule has 1 saturated heterocycles. The Kier molecular flexibility index (Phi) is 7.64. The molecule has 0 aliphatic carbocycles. The SMILES string of the molecule is COc1cc(C=C2SC(=S)NC2=O)cc(Cl)c1OCCCOc1c(C)cccc1C. The average molecular weight is 464 g/mol. The number of carbonyl (C=O) groups is 1. The summed E-state index contributed by atoms with van der Waals surface area (Å²) in [5.74, 6) is 1.66. The maximum atomic E-state index is 11.9. The van der Waals surface area contributed by atoms with Crippen molar-refractivity contribution >= 4 is 51.9 Å². The molecule has 3 rings (SSSR count). The summed E-state index contributed by atoms with van der Waals surface area (Å²) in [7, 11) is 1.55. The number of halogens is 1. The number of benzene rings is 2. The fourth-order valence-corrected chi connectivity index (χ4v) is 4.29. The van der Waals surface area contributed by atoms with Crippen LogP contribution in [0.4, 0.5) is 0 Å². The molecule has 8 heteroatoms. The van der Waals surface area contributed by atoms with Crippen molar-refractivity contribution in [3.8, 4) is 17.2 Å². The molecule has 0 unspecified atom stereocenters. The van der Waals surface area contributed by atoms with Gasteiger partial charge in [0.25, 0.3) is 5.91 Å². The molecule has 0 saturated carbocycles. The van der Waals surface area contributed by atoms with Gasteiger partial charge in [-0.2, -0.15) is 0 Å².